The molecule has 0 spiro atoms. The number of ether oxygens (including phenoxy) is 1. The number of halogens is 2. The van der Waals surface area contributed by atoms with Crippen molar-refractivity contribution in [2.24, 2.45) is 0 Å². The van der Waals surface area contributed by atoms with Crippen LogP contribution in [0.2, 0.25) is 5.02 Å². The number of methoxy groups -OCH3 is 1. The van der Waals surface area contributed by atoms with Crippen molar-refractivity contribution in [1.29, 1.82) is 0 Å². The Bertz CT molecular complexity index is 1340. The molecular weight excluding hydrogens is 463 g/mol. The molecule has 3 aromatic heterocycles. The second kappa shape index (κ2) is 9.13. The van der Waals surface area contributed by atoms with Crippen LogP contribution in [0.4, 0.5) is 4.39 Å². The highest BCUT2D eigenvalue weighted by molar-refractivity contribution is 6.32. The van der Waals surface area contributed by atoms with Crippen LogP contribution in [0.1, 0.15) is 13.1 Å². The Kier molecular flexibility index (Phi) is 6.03. The quantitative estimate of drug-likeness (QED) is 0.415. The lowest BCUT2D eigenvalue weighted by molar-refractivity contribution is -0.116. The number of hydrogen-bond donors (Lipinski definition) is 1. The van der Waals surface area contributed by atoms with Crippen molar-refractivity contribution in [3.63, 3.8) is 0 Å². The van der Waals surface area contributed by atoms with E-state index in [-0.39, 0.29) is 22.5 Å². The van der Waals surface area contributed by atoms with Crippen LogP contribution in [-0.4, -0.2) is 63.7 Å². The van der Waals surface area contributed by atoms with Crippen molar-refractivity contribution >= 4 is 28.9 Å². The number of pyridine rings is 1. The van der Waals surface area contributed by atoms with Gasteiger partial charge in [0, 0.05) is 37.4 Å². The molecule has 0 saturated carbocycles. The van der Waals surface area contributed by atoms with E-state index in [9.17, 15) is 4.79 Å². The van der Waals surface area contributed by atoms with Crippen molar-refractivity contribution < 1.29 is 18.3 Å². The highest BCUT2D eigenvalue weighted by atomic mass is 35.5. The summed E-state index contributed by atoms with van der Waals surface area (Å²) in [7, 11) is 1.46. The van der Waals surface area contributed by atoms with E-state index >= 15 is 4.39 Å². The van der Waals surface area contributed by atoms with E-state index in [1.54, 1.807) is 16.9 Å². The molecule has 1 aromatic carbocycles. The van der Waals surface area contributed by atoms with E-state index in [4.69, 9.17) is 25.9 Å². The molecule has 1 saturated heterocycles. The van der Waals surface area contributed by atoms with Gasteiger partial charge in [-0.25, -0.2) is 19.0 Å². The smallest absolute Gasteiger partial charge is 0.247 e. The molecule has 9 nitrogen and oxygen atoms in total. The van der Waals surface area contributed by atoms with E-state index in [1.165, 1.54) is 31.7 Å². The first-order chi connectivity index (χ1) is 16.5. The minimum atomic E-state index is -0.705. The second-order valence-corrected chi connectivity index (χ2v) is 8.46. The molecule has 4 aromatic rings. The number of carbonyl (C=O) groups excluding carboxylic acids is 1. The van der Waals surface area contributed by atoms with Crippen LogP contribution in [-0.2, 0) is 4.79 Å². The predicted octanol–water partition coefficient (Wildman–Crippen LogP) is 3.55. The van der Waals surface area contributed by atoms with Gasteiger partial charge in [-0.15, -0.1) is 0 Å². The fourth-order valence-corrected chi connectivity index (χ4v) is 4.58. The summed E-state index contributed by atoms with van der Waals surface area (Å²) >= 11 is 6.11. The number of piperazine rings is 1. The molecule has 2 unspecified atom stereocenters. The summed E-state index contributed by atoms with van der Waals surface area (Å²) in [6.45, 7) is 4.11. The molecule has 11 heteroatoms. The number of benzene rings is 1. The predicted molar refractivity (Wildman–Crippen MR) is 124 cm³/mol. The van der Waals surface area contributed by atoms with Crippen molar-refractivity contribution in [2.45, 2.75) is 19.1 Å². The van der Waals surface area contributed by atoms with Gasteiger partial charge < -0.3 is 14.5 Å². The van der Waals surface area contributed by atoms with Crippen molar-refractivity contribution in [2.75, 3.05) is 26.7 Å². The van der Waals surface area contributed by atoms with Gasteiger partial charge in [-0.2, -0.15) is 5.10 Å². The summed E-state index contributed by atoms with van der Waals surface area (Å²) in [4.78, 5) is 23.1. The molecule has 2 atom stereocenters. The third-order valence-corrected chi connectivity index (χ3v) is 6.20. The molecule has 176 valence electrons. The van der Waals surface area contributed by atoms with E-state index in [0.29, 0.717) is 41.1 Å². The first kappa shape index (κ1) is 22.5. The molecule has 0 bridgehead atoms. The zero-order valence-corrected chi connectivity index (χ0v) is 19.3. The monoisotopic (exact) mass is 484 g/mol. The molecule has 1 aliphatic heterocycles. The van der Waals surface area contributed by atoms with Crippen LogP contribution in [0.5, 0.6) is 5.75 Å². The Morgan fingerprint density at radius 1 is 1.32 bits per heavy atom. The molecule has 1 aliphatic rings. The van der Waals surface area contributed by atoms with Gasteiger partial charge in [0.25, 0.3) is 0 Å². The number of nitrogens with zero attached hydrogens (tertiary/aromatic N) is 5. The minimum absolute atomic E-state index is 0.159. The summed E-state index contributed by atoms with van der Waals surface area (Å²) < 4.78 is 27.5. The van der Waals surface area contributed by atoms with Crippen LogP contribution in [0.25, 0.3) is 33.7 Å². The zero-order chi connectivity index (χ0) is 23.8. The maximum absolute atomic E-state index is 15.1. The normalized spacial score (nSPS) is 17.7. The van der Waals surface area contributed by atoms with Gasteiger partial charge in [0.05, 0.1) is 23.7 Å². The van der Waals surface area contributed by atoms with Gasteiger partial charge in [0.2, 0.25) is 5.89 Å². The topological polar surface area (TPSA) is 98.3 Å². The number of aromatic nitrogens is 4. The van der Waals surface area contributed by atoms with Gasteiger partial charge in [0.15, 0.2) is 23.8 Å². The lowest BCUT2D eigenvalue weighted by Gasteiger charge is -2.35. The average Bonchev–Trinajstić information content (AvgIpc) is 3.49. The van der Waals surface area contributed by atoms with Crippen molar-refractivity contribution in [3.05, 3.63) is 47.7 Å². The Labute approximate surface area is 199 Å². The summed E-state index contributed by atoms with van der Waals surface area (Å²) in [5, 5.41) is 8.73. The number of nitrogens with one attached hydrogen (secondary N) is 1. The zero-order valence-electron chi connectivity index (χ0n) is 18.5. The fraction of sp³-hybridized carbons (Fsp3) is 0.304. The summed E-state index contributed by atoms with van der Waals surface area (Å²) in [5.41, 5.74) is 1.50. The lowest BCUT2D eigenvalue weighted by Crippen LogP contribution is -2.51. The van der Waals surface area contributed by atoms with Crippen LogP contribution in [0, 0.1) is 5.82 Å². The number of fused-ring (bicyclic) bond motifs is 1. The van der Waals surface area contributed by atoms with Crippen molar-refractivity contribution in [1.82, 2.24) is 30.0 Å². The molecule has 1 fully saturated rings. The Balaban J connectivity index is 1.76. The molecule has 1 N–H and O–H groups in total. The summed E-state index contributed by atoms with van der Waals surface area (Å²) in [5.74, 6) is 0.0265. The second-order valence-electron chi connectivity index (χ2n) is 8.05. The summed E-state index contributed by atoms with van der Waals surface area (Å²) in [6, 6.07) is 4.62. The number of oxazole rings is 1. The lowest BCUT2D eigenvalue weighted by atomic mass is 10.0. The maximum Gasteiger partial charge on any atom is 0.247 e. The summed E-state index contributed by atoms with van der Waals surface area (Å²) in [6.07, 6.45) is 4.61. The van der Waals surface area contributed by atoms with Crippen LogP contribution in [0.15, 0.2) is 41.3 Å². The molecule has 4 heterocycles. The Hall–Kier alpha value is -3.34. The Morgan fingerprint density at radius 2 is 2.18 bits per heavy atom. The average molecular weight is 485 g/mol. The highest BCUT2D eigenvalue weighted by Gasteiger charge is 2.30. The molecule has 0 radical (unpaired) electrons. The molecule has 0 amide bonds. The Morgan fingerprint density at radius 3 is 2.88 bits per heavy atom. The molecular formula is C23H22ClFN6O3. The largest absolute Gasteiger partial charge is 0.495 e. The van der Waals surface area contributed by atoms with Crippen molar-refractivity contribution in [3.8, 4) is 28.5 Å². The van der Waals surface area contributed by atoms with Gasteiger partial charge in [-0.1, -0.05) is 11.6 Å². The number of rotatable bonds is 6. The standard InChI is InChI=1S/C23H22ClFN6O3/c1-13-11-30(7-5-26-13)19(12-32)31-22-20(21(29-31)23-28-6-8-34-23)14(3-4-27-22)15-9-18(33-2)16(24)10-17(15)25/h3-4,6,8-10,12-13,19,26H,5,7,11H2,1-2H3. The number of carbonyl (C=O) groups is 1. The van der Waals surface area contributed by atoms with Crippen LogP contribution >= 0.6 is 11.6 Å². The van der Waals surface area contributed by atoms with E-state index in [1.807, 2.05) is 4.90 Å². The van der Waals surface area contributed by atoms with Crippen LogP contribution < -0.4 is 10.1 Å². The van der Waals surface area contributed by atoms with Crippen LogP contribution in [0.3, 0.4) is 0 Å². The first-order valence-corrected chi connectivity index (χ1v) is 11.1. The number of aldehydes is 1. The first-order valence-electron chi connectivity index (χ1n) is 10.7. The SMILES string of the molecule is COc1cc(-c2ccnc3c2c(-c2ncco2)nn3C(C=O)N2CCNC(C)C2)c(F)cc1Cl. The van der Waals surface area contributed by atoms with Gasteiger partial charge in [0.1, 0.15) is 17.8 Å². The molecule has 0 aliphatic carbocycles. The van der Waals surface area contributed by atoms with Gasteiger partial charge in [-0.3, -0.25) is 9.69 Å². The van der Waals surface area contributed by atoms with Gasteiger partial charge in [-0.05, 0) is 30.7 Å². The molecule has 34 heavy (non-hydrogen) atoms. The number of hydrogen-bond acceptors (Lipinski definition) is 8. The van der Waals surface area contributed by atoms with E-state index < -0.39 is 12.0 Å². The van der Waals surface area contributed by atoms with Gasteiger partial charge >= 0.3 is 0 Å². The highest BCUT2D eigenvalue weighted by Crippen LogP contribution is 2.40. The maximum atomic E-state index is 15.1. The van der Waals surface area contributed by atoms with E-state index in [0.717, 1.165) is 12.8 Å². The fourth-order valence-electron chi connectivity index (χ4n) is 4.35. The van der Waals surface area contributed by atoms with E-state index in [2.05, 4.69) is 22.2 Å². The minimum Gasteiger partial charge on any atom is -0.495 e. The molecule has 5 rings (SSSR count). The third-order valence-electron chi connectivity index (χ3n) is 5.91. The third kappa shape index (κ3) is 3.83.